The van der Waals surface area contributed by atoms with E-state index in [4.69, 9.17) is 0 Å². The summed E-state index contributed by atoms with van der Waals surface area (Å²) in [4.78, 5) is 11.2. The van der Waals surface area contributed by atoms with E-state index in [0.29, 0.717) is 12.8 Å². The van der Waals surface area contributed by atoms with E-state index in [0.717, 1.165) is 5.56 Å². The van der Waals surface area contributed by atoms with Gasteiger partial charge in [-0.3, -0.25) is 4.79 Å². The van der Waals surface area contributed by atoms with Crippen LogP contribution in [-0.2, 0) is 11.2 Å². The second-order valence-corrected chi connectivity index (χ2v) is 4.79. The van der Waals surface area contributed by atoms with Gasteiger partial charge in [0.25, 0.3) is 0 Å². The Kier molecular flexibility index (Phi) is 5.10. The predicted molar refractivity (Wildman–Crippen MR) is 73.2 cm³/mol. The van der Waals surface area contributed by atoms with Crippen LogP contribution in [0.2, 0.25) is 0 Å². The van der Waals surface area contributed by atoms with Gasteiger partial charge >= 0.3 is 0 Å². The van der Waals surface area contributed by atoms with Gasteiger partial charge in [-0.05, 0) is 25.3 Å². The highest BCUT2D eigenvalue weighted by atomic mass is 16.3. The van der Waals surface area contributed by atoms with E-state index in [1.807, 2.05) is 30.3 Å². The number of aliphatic hydroxyl groups is 1. The van der Waals surface area contributed by atoms with Crippen molar-refractivity contribution in [3.63, 3.8) is 0 Å². The maximum Gasteiger partial charge on any atom is 0.217 e. The smallest absolute Gasteiger partial charge is 0.217 e. The number of hydrogen-bond acceptors (Lipinski definition) is 2. The first kappa shape index (κ1) is 14.5. The van der Waals surface area contributed by atoms with E-state index >= 15 is 0 Å². The van der Waals surface area contributed by atoms with Crippen LogP contribution in [0.25, 0.3) is 0 Å². The van der Waals surface area contributed by atoms with E-state index in [1.54, 1.807) is 13.0 Å². The average molecular weight is 247 g/mol. The number of hydrogen-bond donors (Lipinski definition) is 2. The molecule has 2 atom stereocenters. The molecule has 1 amide bonds. The zero-order valence-electron chi connectivity index (χ0n) is 11.0. The highest BCUT2D eigenvalue weighted by Crippen LogP contribution is 2.19. The Morgan fingerprint density at radius 2 is 2.11 bits per heavy atom. The van der Waals surface area contributed by atoms with Crippen molar-refractivity contribution in [1.82, 2.24) is 5.32 Å². The molecule has 0 unspecified atom stereocenters. The molecule has 0 aliphatic carbocycles. The fourth-order valence-corrected chi connectivity index (χ4v) is 1.96. The predicted octanol–water partition coefficient (Wildman–Crippen LogP) is 2.06. The molecule has 98 valence electrons. The van der Waals surface area contributed by atoms with Crippen LogP contribution in [-0.4, -0.2) is 22.7 Å². The summed E-state index contributed by atoms with van der Waals surface area (Å²) < 4.78 is 0. The van der Waals surface area contributed by atoms with Crippen molar-refractivity contribution in [2.75, 3.05) is 0 Å². The van der Waals surface area contributed by atoms with Crippen LogP contribution < -0.4 is 5.32 Å². The van der Waals surface area contributed by atoms with Crippen molar-refractivity contribution >= 4 is 5.91 Å². The van der Waals surface area contributed by atoms with Gasteiger partial charge in [0.1, 0.15) is 0 Å². The van der Waals surface area contributed by atoms with Crippen LogP contribution in [0.15, 0.2) is 43.0 Å². The minimum atomic E-state index is -0.997. The van der Waals surface area contributed by atoms with Crippen LogP contribution in [0.4, 0.5) is 0 Å². The quantitative estimate of drug-likeness (QED) is 0.756. The Morgan fingerprint density at radius 3 is 2.61 bits per heavy atom. The summed E-state index contributed by atoms with van der Waals surface area (Å²) in [6, 6.07) is 9.48. The lowest BCUT2D eigenvalue weighted by Gasteiger charge is -2.32. The zero-order valence-corrected chi connectivity index (χ0v) is 11.0. The standard InChI is InChI=1S/C15H21NO2/c1-4-10-15(3,18)14(16-12(2)17)11-13-8-6-5-7-9-13/h4-9,14,18H,1,10-11H2,2-3H3,(H,16,17)/t14-,15-/m1/s1. The molecule has 18 heavy (non-hydrogen) atoms. The molecule has 0 aromatic heterocycles. The highest BCUT2D eigenvalue weighted by Gasteiger charge is 2.31. The van der Waals surface area contributed by atoms with Gasteiger partial charge in [-0.1, -0.05) is 36.4 Å². The van der Waals surface area contributed by atoms with E-state index in [2.05, 4.69) is 11.9 Å². The molecule has 0 saturated heterocycles. The number of rotatable bonds is 6. The molecule has 0 saturated carbocycles. The monoisotopic (exact) mass is 247 g/mol. The first-order chi connectivity index (χ1) is 8.45. The van der Waals surface area contributed by atoms with E-state index < -0.39 is 5.60 Å². The molecule has 0 spiro atoms. The summed E-state index contributed by atoms with van der Waals surface area (Å²) in [6.45, 7) is 6.82. The number of amides is 1. The van der Waals surface area contributed by atoms with Crippen molar-refractivity contribution in [3.8, 4) is 0 Å². The van der Waals surface area contributed by atoms with Crippen LogP contribution >= 0.6 is 0 Å². The summed E-state index contributed by atoms with van der Waals surface area (Å²) in [7, 11) is 0. The van der Waals surface area contributed by atoms with Gasteiger partial charge in [0.05, 0.1) is 11.6 Å². The van der Waals surface area contributed by atoms with Gasteiger partial charge in [0.2, 0.25) is 5.91 Å². The first-order valence-corrected chi connectivity index (χ1v) is 6.10. The van der Waals surface area contributed by atoms with Crippen LogP contribution in [0.5, 0.6) is 0 Å². The number of carbonyl (C=O) groups excluding carboxylic acids is 1. The molecule has 0 aliphatic rings. The number of nitrogens with one attached hydrogen (secondary N) is 1. The van der Waals surface area contributed by atoms with E-state index in [1.165, 1.54) is 6.92 Å². The number of benzene rings is 1. The Bertz CT molecular complexity index is 398. The van der Waals surface area contributed by atoms with Crippen LogP contribution in [0.1, 0.15) is 25.8 Å². The molecule has 1 aromatic carbocycles. The fourth-order valence-electron chi connectivity index (χ4n) is 1.96. The van der Waals surface area contributed by atoms with Gasteiger partial charge in [-0.2, -0.15) is 0 Å². The maximum absolute atomic E-state index is 11.2. The molecule has 2 N–H and O–H groups in total. The highest BCUT2D eigenvalue weighted by molar-refractivity contribution is 5.73. The molecule has 0 fully saturated rings. The lowest BCUT2D eigenvalue weighted by atomic mass is 9.88. The molecule has 0 aliphatic heterocycles. The molecular formula is C15H21NO2. The summed E-state index contributed by atoms with van der Waals surface area (Å²) in [5.41, 5.74) is 0.0871. The molecule has 1 rings (SSSR count). The Hall–Kier alpha value is -1.61. The lowest BCUT2D eigenvalue weighted by molar-refractivity contribution is -0.121. The second kappa shape index (κ2) is 6.36. The van der Waals surface area contributed by atoms with Gasteiger partial charge < -0.3 is 10.4 Å². The third-order valence-corrected chi connectivity index (χ3v) is 2.97. The van der Waals surface area contributed by atoms with E-state index in [-0.39, 0.29) is 11.9 Å². The summed E-state index contributed by atoms with van der Waals surface area (Å²) >= 11 is 0. The van der Waals surface area contributed by atoms with Crippen molar-refractivity contribution in [2.45, 2.75) is 38.3 Å². The first-order valence-electron chi connectivity index (χ1n) is 6.10. The zero-order chi connectivity index (χ0) is 13.6. The van der Waals surface area contributed by atoms with Gasteiger partial charge in [-0.15, -0.1) is 6.58 Å². The van der Waals surface area contributed by atoms with Gasteiger partial charge in [0.15, 0.2) is 0 Å². The Balaban J connectivity index is 2.84. The van der Waals surface area contributed by atoms with Crippen molar-refractivity contribution < 1.29 is 9.90 Å². The minimum absolute atomic E-state index is 0.139. The normalized spacial score (nSPS) is 15.5. The summed E-state index contributed by atoms with van der Waals surface area (Å²) in [5, 5.41) is 13.2. The SMILES string of the molecule is C=CC[C@@](C)(O)[C@@H](Cc1ccccc1)NC(C)=O. The van der Waals surface area contributed by atoms with Gasteiger partial charge in [0, 0.05) is 6.92 Å². The molecular weight excluding hydrogens is 226 g/mol. The fraction of sp³-hybridized carbons (Fsp3) is 0.400. The summed E-state index contributed by atoms with van der Waals surface area (Å²) in [5.74, 6) is -0.139. The Morgan fingerprint density at radius 1 is 1.50 bits per heavy atom. The minimum Gasteiger partial charge on any atom is -0.388 e. The average Bonchev–Trinajstić information content (AvgIpc) is 2.29. The van der Waals surface area contributed by atoms with E-state index in [9.17, 15) is 9.90 Å². The van der Waals surface area contributed by atoms with Crippen molar-refractivity contribution in [1.29, 1.82) is 0 Å². The molecule has 3 nitrogen and oxygen atoms in total. The molecule has 0 heterocycles. The van der Waals surface area contributed by atoms with Crippen LogP contribution in [0.3, 0.4) is 0 Å². The van der Waals surface area contributed by atoms with Gasteiger partial charge in [-0.25, -0.2) is 0 Å². The number of carbonyl (C=O) groups is 1. The molecule has 0 bridgehead atoms. The third-order valence-electron chi connectivity index (χ3n) is 2.97. The lowest BCUT2D eigenvalue weighted by Crippen LogP contribution is -2.51. The third kappa shape index (κ3) is 4.34. The van der Waals surface area contributed by atoms with Crippen molar-refractivity contribution in [2.24, 2.45) is 0 Å². The largest absolute Gasteiger partial charge is 0.388 e. The summed E-state index contributed by atoms with van der Waals surface area (Å²) in [6.07, 6.45) is 2.70. The topological polar surface area (TPSA) is 49.3 Å². The van der Waals surface area contributed by atoms with Crippen molar-refractivity contribution in [3.05, 3.63) is 48.6 Å². The molecule has 3 heteroatoms. The maximum atomic E-state index is 11.2. The van der Waals surface area contributed by atoms with Crippen LogP contribution in [0, 0.1) is 0 Å². The second-order valence-electron chi connectivity index (χ2n) is 4.79. The molecule has 0 radical (unpaired) electrons. The molecule has 1 aromatic rings. The Labute approximate surface area is 109 Å².